The predicted molar refractivity (Wildman–Crippen MR) is 161 cm³/mol. The van der Waals surface area contributed by atoms with Crippen LogP contribution in [0.15, 0.2) is 65.6 Å². The zero-order valence-corrected chi connectivity index (χ0v) is 26.8. The Morgan fingerprint density at radius 2 is 1.68 bits per heavy atom. The van der Waals surface area contributed by atoms with Crippen LogP contribution >= 0.6 is 11.6 Å². The molecule has 17 heteroatoms. The van der Waals surface area contributed by atoms with Gasteiger partial charge in [-0.15, -0.1) is 13.2 Å². The maximum absolute atomic E-state index is 15.2. The van der Waals surface area contributed by atoms with Crippen molar-refractivity contribution in [2.24, 2.45) is 0 Å². The summed E-state index contributed by atoms with van der Waals surface area (Å²) in [5.41, 5.74) is -2.81. The number of hydrogen-bond donors (Lipinski definition) is 2. The highest BCUT2D eigenvalue weighted by Gasteiger charge is 2.65. The summed E-state index contributed by atoms with van der Waals surface area (Å²) in [6.45, 7) is -0.528. The summed E-state index contributed by atoms with van der Waals surface area (Å²) in [6.07, 6.45) is -8.67. The van der Waals surface area contributed by atoms with Gasteiger partial charge >= 0.3 is 6.36 Å². The molecule has 0 saturated carbocycles. The van der Waals surface area contributed by atoms with Crippen molar-refractivity contribution in [1.29, 1.82) is 0 Å². The molecule has 0 aliphatic carbocycles. The van der Waals surface area contributed by atoms with Crippen LogP contribution in [-0.4, -0.2) is 99.7 Å². The molecule has 252 valence electrons. The lowest BCUT2D eigenvalue weighted by atomic mass is 9.80. The minimum absolute atomic E-state index is 0.00642. The molecule has 4 atom stereocenters. The lowest BCUT2D eigenvalue weighted by Gasteiger charge is -2.42. The molecule has 5 rings (SSSR count). The SMILES string of the molecule is COc1ccc(S(=O)(=O)N2C(=O)C(c3ccccc3OC)(N3CC(O)C(O)[C@H]3C(=O)N(C)C)c3cc(Cl)ccc32)c(OC(F)(F)F)c1. The van der Waals surface area contributed by atoms with E-state index in [1.165, 1.54) is 57.6 Å². The zero-order valence-electron chi connectivity index (χ0n) is 25.2. The Balaban J connectivity index is 1.87. The van der Waals surface area contributed by atoms with Gasteiger partial charge < -0.3 is 29.3 Å². The molecule has 47 heavy (non-hydrogen) atoms. The first-order valence-corrected chi connectivity index (χ1v) is 15.6. The summed E-state index contributed by atoms with van der Waals surface area (Å²) in [7, 11) is -0.0712. The molecule has 2 aliphatic heterocycles. The number of methoxy groups -OCH3 is 2. The average Bonchev–Trinajstić information content (AvgIpc) is 3.45. The highest BCUT2D eigenvalue weighted by atomic mass is 35.5. The number of hydrogen-bond acceptors (Lipinski definition) is 10. The monoisotopic (exact) mass is 699 g/mol. The number of aliphatic hydroxyl groups is 2. The number of para-hydroxylation sites is 1. The highest BCUT2D eigenvalue weighted by molar-refractivity contribution is 7.93. The molecule has 12 nitrogen and oxygen atoms in total. The van der Waals surface area contributed by atoms with E-state index >= 15 is 4.79 Å². The molecule has 1 fully saturated rings. The fraction of sp³-hybridized carbons (Fsp3) is 0.333. The number of likely N-dealkylation sites (tertiary alicyclic amines) is 1. The van der Waals surface area contributed by atoms with E-state index in [-0.39, 0.29) is 33.3 Å². The van der Waals surface area contributed by atoms with E-state index in [0.29, 0.717) is 10.4 Å². The number of nitrogens with zero attached hydrogens (tertiary/aromatic N) is 3. The van der Waals surface area contributed by atoms with Crippen molar-refractivity contribution >= 4 is 39.1 Å². The number of β-amino-alcohol motifs (C(OH)–C–C–N with tert-alkyl or cyclic N) is 1. The van der Waals surface area contributed by atoms with Gasteiger partial charge in [0, 0.05) is 42.9 Å². The number of amides is 2. The average molecular weight is 700 g/mol. The number of anilines is 1. The maximum Gasteiger partial charge on any atom is 0.573 e. The molecule has 0 radical (unpaired) electrons. The number of sulfonamides is 1. The van der Waals surface area contributed by atoms with Crippen molar-refractivity contribution in [3.05, 3.63) is 76.8 Å². The second kappa shape index (κ2) is 12.2. The fourth-order valence-corrected chi connectivity index (χ4v) is 7.79. The lowest BCUT2D eigenvalue weighted by Crippen LogP contribution is -2.60. The Morgan fingerprint density at radius 3 is 2.30 bits per heavy atom. The van der Waals surface area contributed by atoms with Crippen LogP contribution in [0, 0.1) is 0 Å². The third-order valence-electron chi connectivity index (χ3n) is 8.01. The van der Waals surface area contributed by atoms with Crippen molar-refractivity contribution < 1.29 is 55.6 Å². The highest BCUT2D eigenvalue weighted by Crippen LogP contribution is 2.55. The number of ether oxygens (including phenoxy) is 3. The number of rotatable bonds is 8. The number of aliphatic hydroxyl groups excluding tert-OH is 2. The van der Waals surface area contributed by atoms with Gasteiger partial charge in [0.15, 0.2) is 11.3 Å². The molecule has 0 aromatic heterocycles. The van der Waals surface area contributed by atoms with E-state index in [1.54, 1.807) is 6.07 Å². The van der Waals surface area contributed by atoms with Crippen LogP contribution in [-0.2, 0) is 25.2 Å². The number of likely N-dealkylation sites (N-methyl/N-ethyl adjacent to an activating group) is 1. The van der Waals surface area contributed by atoms with E-state index in [4.69, 9.17) is 21.1 Å². The van der Waals surface area contributed by atoms with Crippen LogP contribution < -0.4 is 18.5 Å². The number of carbonyl (C=O) groups excluding carboxylic acids is 2. The van der Waals surface area contributed by atoms with Gasteiger partial charge in [-0.2, -0.15) is 0 Å². The largest absolute Gasteiger partial charge is 0.573 e. The molecule has 2 heterocycles. The summed E-state index contributed by atoms with van der Waals surface area (Å²) in [5, 5.41) is 22.0. The van der Waals surface area contributed by atoms with Crippen LogP contribution in [0.5, 0.6) is 17.2 Å². The van der Waals surface area contributed by atoms with Crippen molar-refractivity contribution in [2.75, 3.05) is 39.2 Å². The normalized spacial score (nSPS) is 23.1. The quantitative estimate of drug-likeness (QED) is 0.360. The van der Waals surface area contributed by atoms with Crippen LogP contribution in [0.3, 0.4) is 0 Å². The molecule has 3 aromatic carbocycles. The van der Waals surface area contributed by atoms with Gasteiger partial charge in [-0.3, -0.25) is 14.5 Å². The Labute approximate surface area is 272 Å². The summed E-state index contributed by atoms with van der Waals surface area (Å²) >= 11 is 6.42. The Hall–Kier alpha value is -4.09. The number of benzene rings is 3. The molecule has 3 unspecified atom stereocenters. The first kappa shape index (κ1) is 34.3. The third-order valence-corrected chi connectivity index (χ3v) is 9.99. The van der Waals surface area contributed by atoms with Gasteiger partial charge in [0.25, 0.3) is 15.9 Å². The molecule has 2 N–H and O–H groups in total. The maximum atomic E-state index is 15.2. The third kappa shape index (κ3) is 5.53. The number of halogens is 4. The van der Waals surface area contributed by atoms with Crippen LogP contribution in [0.25, 0.3) is 0 Å². The van der Waals surface area contributed by atoms with Gasteiger partial charge in [-0.1, -0.05) is 29.8 Å². The molecule has 2 amide bonds. The summed E-state index contributed by atoms with van der Waals surface area (Å²) in [6, 6.07) is 10.7. The zero-order chi connectivity index (χ0) is 34.6. The lowest BCUT2D eigenvalue weighted by molar-refractivity contribution is -0.275. The molecule has 3 aromatic rings. The summed E-state index contributed by atoms with van der Waals surface area (Å²) < 4.78 is 84.5. The second-order valence-corrected chi connectivity index (χ2v) is 13.1. The number of carbonyl (C=O) groups is 2. The molecular weight excluding hydrogens is 671 g/mol. The molecule has 2 aliphatic rings. The predicted octanol–water partition coefficient (Wildman–Crippen LogP) is 2.73. The van der Waals surface area contributed by atoms with Crippen molar-refractivity contribution in [2.45, 2.75) is 35.0 Å². The van der Waals surface area contributed by atoms with E-state index in [0.717, 1.165) is 29.0 Å². The van der Waals surface area contributed by atoms with E-state index in [1.807, 2.05) is 0 Å². The van der Waals surface area contributed by atoms with E-state index < -0.39 is 69.2 Å². The molecule has 0 bridgehead atoms. The van der Waals surface area contributed by atoms with E-state index in [2.05, 4.69) is 4.74 Å². The second-order valence-electron chi connectivity index (χ2n) is 10.9. The first-order valence-electron chi connectivity index (χ1n) is 13.8. The van der Waals surface area contributed by atoms with E-state index in [9.17, 15) is 36.6 Å². The fourth-order valence-electron chi connectivity index (χ4n) is 6.06. The van der Waals surface area contributed by atoms with Gasteiger partial charge in [0.05, 0.1) is 26.0 Å². The van der Waals surface area contributed by atoms with Crippen LogP contribution in [0.1, 0.15) is 11.1 Å². The smallest absolute Gasteiger partial charge is 0.497 e. The standard InChI is InChI=1S/C30H29ClF3N3O9S/c1-35(2)27(40)25-26(39)21(38)15-36(25)29(18-7-5-6-8-22(18)45-4)19-13-16(31)9-11-20(19)37(28(29)41)47(42,43)24-12-10-17(44-3)14-23(24)46-30(32,33)34/h5-14,21,25-26,38-39H,15H2,1-4H3/t21?,25-,26?,29?/m0/s1. The summed E-state index contributed by atoms with van der Waals surface area (Å²) in [4.78, 5) is 30.0. The Bertz CT molecular complexity index is 1840. The van der Waals surface area contributed by atoms with Crippen LogP contribution in [0.4, 0.5) is 18.9 Å². The van der Waals surface area contributed by atoms with Gasteiger partial charge in [0.2, 0.25) is 5.91 Å². The van der Waals surface area contributed by atoms with Gasteiger partial charge in [-0.05, 0) is 36.4 Å². The van der Waals surface area contributed by atoms with Gasteiger partial charge in [-0.25, -0.2) is 12.7 Å². The van der Waals surface area contributed by atoms with Crippen LogP contribution in [0.2, 0.25) is 5.02 Å². The molecule has 1 saturated heterocycles. The number of fused-ring (bicyclic) bond motifs is 1. The number of alkyl halides is 3. The minimum Gasteiger partial charge on any atom is -0.497 e. The first-order chi connectivity index (χ1) is 22.0. The summed E-state index contributed by atoms with van der Waals surface area (Å²) in [5.74, 6) is -3.33. The van der Waals surface area contributed by atoms with Crippen molar-refractivity contribution in [1.82, 2.24) is 9.80 Å². The Kier molecular flexibility index (Phi) is 8.87. The molecule has 0 spiro atoms. The molecular formula is C30H29ClF3N3O9S. The topological polar surface area (TPSA) is 146 Å². The van der Waals surface area contributed by atoms with Crippen molar-refractivity contribution in [3.8, 4) is 17.2 Å². The van der Waals surface area contributed by atoms with Gasteiger partial charge in [0.1, 0.15) is 28.5 Å². The Morgan fingerprint density at radius 1 is 1.00 bits per heavy atom. The van der Waals surface area contributed by atoms with Crippen molar-refractivity contribution in [3.63, 3.8) is 0 Å². The minimum atomic E-state index is -5.33.